The Bertz CT molecular complexity index is 1050. The van der Waals surface area contributed by atoms with E-state index in [1.165, 1.54) is 0 Å². The summed E-state index contributed by atoms with van der Waals surface area (Å²) in [6, 6.07) is 14.5. The molecule has 0 aliphatic rings. The van der Waals surface area contributed by atoms with E-state index in [9.17, 15) is 9.59 Å². The minimum atomic E-state index is -0.384. The summed E-state index contributed by atoms with van der Waals surface area (Å²) in [5.41, 5.74) is 2.41. The number of amides is 2. The van der Waals surface area contributed by atoms with E-state index >= 15 is 0 Å². The van der Waals surface area contributed by atoms with Crippen LogP contribution in [0.25, 0.3) is 5.52 Å². The highest BCUT2D eigenvalue weighted by Crippen LogP contribution is 2.14. The van der Waals surface area contributed by atoms with Gasteiger partial charge in [0.05, 0.1) is 17.8 Å². The van der Waals surface area contributed by atoms with Gasteiger partial charge in [0.2, 0.25) is 5.82 Å². The summed E-state index contributed by atoms with van der Waals surface area (Å²) in [6.45, 7) is 0.611. The Morgan fingerprint density at radius 1 is 0.862 bits per heavy atom. The van der Waals surface area contributed by atoms with Crippen LogP contribution in [0.5, 0.6) is 0 Å². The third-order valence-electron chi connectivity index (χ3n) is 4.33. The average molecular weight is 386 g/mol. The van der Waals surface area contributed by atoms with E-state index in [0.29, 0.717) is 12.1 Å². The molecule has 0 atom stereocenters. The van der Waals surface area contributed by atoms with Gasteiger partial charge in [-0.3, -0.25) is 24.0 Å². The van der Waals surface area contributed by atoms with E-state index in [2.05, 4.69) is 25.6 Å². The van der Waals surface area contributed by atoms with E-state index in [-0.39, 0.29) is 29.9 Å². The molecule has 0 unspecified atom stereocenters. The van der Waals surface area contributed by atoms with Crippen LogP contribution >= 0.6 is 0 Å². The zero-order valence-electron chi connectivity index (χ0n) is 15.4. The first-order valence-corrected chi connectivity index (χ1v) is 9.04. The van der Waals surface area contributed by atoms with Crippen LogP contribution in [-0.2, 0) is 13.1 Å². The number of hydrogen-bond donors (Lipinski definition) is 2. The molecule has 0 radical (unpaired) electrons. The number of nitrogens with zero attached hydrogens (tertiary/aromatic N) is 4. The summed E-state index contributed by atoms with van der Waals surface area (Å²) in [6.07, 6.45) is 6.70. The van der Waals surface area contributed by atoms with Crippen LogP contribution in [-0.4, -0.2) is 31.2 Å². The topological polar surface area (TPSA) is 101 Å². The van der Waals surface area contributed by atoms with Gasteiger partial charge in [0.1, 0.15) is 0 Å². The Balaban J connectivity index is 1.54. The molecule has 0 spiro atoms. The highest BCUT2D eigenvalue weighted by atomic mass is 16.2. The van der Waals surface area contributed by atoms with Crippen molar-refractivity contribution in [2.24, 2.45) is 0 Å². The van der Waals surface area contributed by atoms with Crippen molar-refractivity contribution >= 4 is 17.3 Å². The zero-order chi connectivity index (χ0) is 20.1. The summed E-state index contributed by atoms with van der Waals surface area (Å²) in [7, 11) is 0. The largest absolute Gasteiger partial charge is 0.347 e. The lowest BCUT2D eigenvalue weighted by molar-refractivity contribution is 0.0939. The lowest BCUT2D eigenvalue weighted by Gasteiger charge is -2.03. The molecular formula is C21H18N6O2. The van der Waals surface area contributed by atoms with Crippen LogP contribution < -0.4 is 10.6 Å². The van der Waals surface area contributed by atoms with E-state index in [1.54, 1.807) is 47.4 Å². The molecular weight excluding hydrogens is 368 g/mol. The Kier molecular flexibility index (Phi) is 5.24. The Hall–Kier alpha value is -4.07. The quantitative estimate of drug-likeness (QED) is 0.528. The molecule has 4 aromatic heterocycles. The van der Waals surface area contributed by atoms with E-state index in [4.69, 9.17) is 0 Å². The number of pyridine rings is 3. The minimum Gasteiger partial charge on any atom is -0.347 e. The maximum Gasteiger partial charge on any atom is 0.288 e. The summed E-state index contributed by atoms with van der Waals surface area (Å²) in [5, 5.41) is 5.63. The molecule has 0 aromatic carbocycles. The molecule has 2 N–H and O–H groups in total. The number of hydrogen-bond acceptors (Lipinski definition) is 5. The number of rotatable bonds is 6. The van der Waals surface area contributed by atoms with Gasteiger partial charge in [-0.2, -0.15) is 0 Å². The van der Waals surface area contributed by atoms with Crippen molar-refractivity contribution in [1.82, 2.24) is 30.0 Å². The average Bonchev–Trinajstić information content (AvgIpc) is 3.17. The smallest absolute Gasteiger partial charge is 0.288 e. The van der Waals surface area contributed by atoms with Crippen molar-refractivity contribution in [3.8, 4) is 0 Å². The fraction of sp³-hybridized carbons (Fsp3) is 0.0952. The number of nitrogens with one attached hydrogen (secondary N) is 2. The van der Waals surface area contributed by atoms with Crippen molar-refractivity contribution in [2.75, 3.05) is 0 Å². The highest BCUT2D eigenvalue weighted by Gasteiger charge is 2.21. The van der Waals surface area contributed by atoms with Crippen molar-refractivity contribution in [1.29, 1.82) is 0 Å². The van der Waals surface area contributed by atoms with Crippen molar-refractivity contribution in [3.63, 3.8) is 0 Å². The molecule has 4 aromatic rings. The number of aromatic nitrogens is 4. The van der Waals surface area contributed by atoms with Gasteiger partial charge in [-0.05, 0) is 42.0 Å². The first kappa shape index (κ1) is 18.3. The minimum absolute atomic E-state index is 0.144. The second kappa shape index (κ2) is 8.30. The van der Waals surface area contributed by atoms with Gasteiger partial charge in [0, 0.05) is 31.3 Å². The van der Waals surface area contributed by atoms with Crippen LogP contribution in [0.4, 0.5) is 0 Å². The maximum atomic E-state index is 12.7. The number of carbonyl (C=O) groups excluding carboxylic acids is 2. The first-order valence-electron chi connectivity index (χ1n) is 9.04. The van der Waals surface area contributed by atoms with E-state index < -0.39 is 0 Å². The Labute approximate surface area is 166 Å². The van der Waals surface area contributed by atoms with Crippen LogP contribution in [0.2, 0.25) is 0 Å². The molecule has 8 heteroatoms. The number of carbonyl (C=O) groups is 2. The van der Waals surface area contributed by atoms with Gasteiger partial charge in [-0.15, -0.1) is 0 Å². The Morgan fingerprint density at radius 3 is 2.45 bits per heavy atom. The van der Waals surface area contributed by atoms with Gasteiger partial charge in [0.25, 0.3) is 11.8 Å². The monoisotopic (exact) mass is 386 g/mol. The fourth-order valence-corrected chi connectivity index (χ4v) is 2.88. The molecule has 0 saturated carbocycles. The molecule has 0 aliphatic heterocycles. The molecule has 144 valence electrons. The van der Waals surface area contributed by atoms with Crippen molar-refractivity contribution in [3.05, 3.63) is 96.1 Å². The predicted octanol–water partition coefficient (Wildman–Crippen LogP) is 1.98. The second-order valence-corrected chi connectivity index (χ2v) is 6.28. The van der Waals surface area contributed by atoms with Crippen LogP contribution in [0.1, 0.15) is 32.4 Å². The predicted molar refractivity (Wildman–Crippen MR) is 106 cm³/mol. The third-order valence-corrected chi connectivity index (χ3v) is 4.33. The van der Waals surface area contributed by atoms with E-state index in [1.807, 2.05) is 30.3 Å². The van der Waals surface area contributed by atoms with Crippen LogP contribution in [0.3, 0.4) is 0 Å². The summed E-state index contributed by atoms with van der Waals surface area (Å²) >= 11 is 0. The van der Waals surface area contributed by atoms with Crippen LogP contribution in [0, 0.1) is 0 Å². The maximum absolute atomic E-state index is 12.7. The standard InChI is InChI=1S/C21H18N6O2/c28-20(24-13-15-7-10-22-11-8-15)18-17-6-2-4-12-27(17)19(26-18)21(29)25-14-16-5-1-3-9-23-16/h1-12H,13-14H2,(H,24,28)(H,25,29). The van der Waals surface area contributed by atoms with Crippen molar-refractivity contribution in [2.45, 2.75) is 13.1 Å². The molecule has 0 saturated heterocycles. The summed E-state index contributed by atoms with van der Waals surface area (Å²) in [4.78, 5) is 37.8. The number of imidazole rings is 1. The SMILES string of the molecule is O=C(NCc1ccncc1)c1nc(C(=O)NCc2ccccn2)n2ccccc12. The summed E-state index contributed by atoms with van der Waals surface area (Å²) in [5.74, 6) is -0.593. The fourth-order valence-electron chi connectivity index (χ4n) is 2.88. The second-order valence-electron chi connectivity index (χ2n) is 6.28. The number of fused-ring (bicyclic) bond motifs is 1. The zero-order valence-corrected chi connectivity index (χ0v) is 15.4. The lowest BCUT2D eigenvalue weighted by atomic mass is 10.2. The normalized spacial score (nSPS) is 10.6. The van der Waals surface area contributed by atoms with Gasteiger partial charge < -0.3 is 10.6 Å². The molecule has 2 amide bonds. The Morgan fingerprint density at radius 2 is 1.66 bits per heavy atom. The lowest BCUT2D eigenvalue weighted by Crippen LogP contribution is -2.26. The molecule has 4 heterocycles. The van der Waals surface area contributed by atoms with Gasteiger partial charge >= 0.3 is 0 Å². The van der Waals surface area contributed by atoms with E-state index in [0.717, 1.165) is 11.3 Å². The summed E-state index contributed by atoms with van der Waals surface area (Å²) < 4.78 is 1.61. The molecule has 4 rings (SSSR count). The molecule has 0 bridgehead atoms. The molecule has 29 heavy (non-hydrogen) atoms. The molecule has 0 fully saturated rings. The van der Waals surface area contributed by atoms with Gasteiger partial charge in [-0.1, -0.05) is 12.1 Å². The first-order chi connectivity index (χ1) is 14.2. The van der Waals surface area contributed by atoms with Crippen LogP contribution in [0.15, 0.2) is 73.3 Å². The van der Waals surface area contributed by atoms with Crippen molar-refractivity contribution < 1.29 is 9.59 Å². The molecule has 0 aliphatic carbocycles. The highest BCUT2D eigenvalue weighted by molar-refractivity contribution is 6.02. The van der Waals surface area contributed by atoms with Gasteiger partial charge in [0.15, 0.2) is 5.69 Å². The van der Waals surface area contributed by atoms with Gasteiger partial charge in [-0.25, -0.2) is 4.98 Å². The molecule has 8 nitrogen and oxygen atoms in total. The third kappa shape index (κ3) is 4.11.